The van der Waals surface area contributed by atoms with Crippen LogP contribution in [0.5, 0.6) is 11.5 Å². The van der Waals surface area contributed by atoms with Gasteiger partial charge in [0.25, 0.3) is 0 Å². The molecule has 2 aromatic rings. The lowest BCUT2D eigenvalue weighted by molar-refractivity contribution is -0.192. The number of nitrogens with one attached hydrogen (secondary N) is 2. The standard InChI is InChI=1S/C27H33ClFN3O3.C2HF3O2/c1-34-23-9-6-17(14-24(23)35-2)27-11-10-19(16-25(27)32(13-12-27)20-4-3-5-20)31-26(33)30-18-7-8-22(29)21(28)15-18;3-2(4,5)1(6)7/h6-9,14-15,19-20,25H,3-5,10-13,16H2,1-2H3,(H2,30,31,33);(H,6,7). The molecule has 0 aromatic heterocycles. The Balaban J connectivity index is 0.000000517. The van der Waals surface area contributed by atoms with E-state index < -0.39 is 18.0 Å². The third-order valence-corrected chi connectivity index (χ3v) is 8.85. The summed E-state index contributed by atoms with van der Waals surface area (Å²) in [6, 6.07) is 11.3. The molecular weight excluding hydrogens is 582 g/mol. The van der Waals surface area contributed by atoms with E-state index in [0.717, 1.165) is 43.7 Å². The number of carbonyl (C=O) groups is 2. The van der Waals surface area contributed by atoms with Crippen molar-refractivity contribution in [1.82, 2.24) is 10.2 Å². The molecule has 3 N–H and O–H groups in total. The Kier molecular flexibility index (Phi) is 9.77. The van der Waals surface area contributed by atoms with Crippen LogP contribution in [0.1, 0.15) is 50.5 Å². The molecule has 42 heavy (non-hydrogen) atoms. The average Bonchev–Trinajstić information content (AvgIpc) is 3.28. The first-order chi connectivity index (χ1) is 19.9. The number of hydrogen-bond acceptors (Lipinski definition) is 5. The number of hydrogen-bond donors (Lipinski definition) is 3. The van der Waals surface area contributed by atoms with Crippen molar-refractivity contribution in [2.45, 2.75) is 74.7 Å². The number of aliphatic carboxylic acids is 1. The summed E-state index contributed by atoms with van der Waals surface area (Å²) >= 11 is 5.86. The second-order valence-electron chi connectivity index (χ2n) is 10.8. The van der Waals surface area contributed by atoms with Gasteiger partial charge in [-0.05, 0) is 81.0 Å². The van der Waals surface area contributed by atoms with E-state index in [1.54, 1.807) is 14.2 Å². The van der Waals surface area contributed by atoms with Crippen molar-refractivity contribution in [3.05, 3.63) is 52.8 Å². The van der Waals surface area contributed by atoms with E-state index in [1.807, 2.05) is 6.07 Å². The lowest BCUT2D eigenvalue weighted by Crippen LogP contribution is -2.55. The predicted molar refractivity (Wildman–Crippen MR) is 149 cm³/mol. The van der Waals surface area contributed by atoms with Gasteiger partial charge in [-0.15, -0.1) is 0 Å². The molecule has 0 bridgehead atoms. The van der Waals surface area contributed by atoms with Gasteiger partial charge in [0.1, 0.15) is 5.82 Å². The Morgan fingerprint density at radius 3 is 2.31 bits per heavy atom. The van der Waals surface area contributed by atoms with Gasteiger partial charge in [-0.2, -0.15) is 13.2 Å². The molecule has 3 fully saturated rings. The highest BCUT2D eigenvalue weighted by Gasteiger charge is 2.53. The zero-order valence-corrected chi connectivity index (χ0v) is 24.0. The molecule has 1 aliphatic heterocycles. The van der Waals surface area contributed by atoms with Crippen LogP contribution in [0.3, 0.4) is 0 Å². The van der Waals surface area contributed by atoms with E-state index in [4.69, 9.17) is 31.0 Å². The predicted octanol–water partition coefficient (Wildman–Crippen LogP) is 6.37. The molecule has 2 aliphatic carbocycles. The molecule has 3 atom stereocenters. The van der Waals surface area contributed by atoms with Gasteiger partial charge in [-0.25, -0.2) is 14.0 Å². The lowest BCUT2D eigenvalue weighted by atomic mass is 9.64. The van der Waals surface area contributed by atoms with Crippen LogP contribution in [0.4, 0.5) is 28.0 Å². The number of ether oxygens (including phenoxy) is 2. The first-order valence-corrected chi connectivity index (χ1v) is 14.1. The summed E-state index contributed by atoms with van der Waals surface area (Å²) in [6.45, 7) is 1.08. The van der Waals surface area contributed by atoms with Crippen LogP contribution in [0.25, 0.3) is 0 Å². The highest BCUT2D eigenvalue weighted by atomic mass is 35.5. The first kappa shape index (κ1) is 31.7. The van der Waals surface area contributed by atoms with Gasteiger partial charge in [-0.1, -0.05) is 24.1 Å². The van der Waals surface area contributed by atoms with Crippen molar-refractivity contribution in [2.24, 2.45) is 0 Å². The summed E-state index contributed by atoms with van der Waals surface area (Å²) in [4.78, 5) is 24.3. The average molecular weight is 616 g/mol. The SMILES string of the molecule is COc1ccc(C23CCC(NC(=O)Nc4ccc(F)c(Cl)c4)CC2N(C2CCC2)CC3)cc1OC.O=C(O)C(F)(F)F. The van der Waals surface area contributed by atoms with E-state index >= 15 is 0 Å². The molecule has 5 rings (SSSR count). The molecule has 3 unspecified atom stereocenters. The van der Waals surface area contributed by atoms with Crippen LogP contribution in [0.15, 0.2) is 36.4 Å². The van der Waals surface area contributed by atoms with Crippen molar-refractivity contribution in [2.75, 3.05) is 26.1 Å². The van der Waals surface area contributed by atoms with Gasteiger partial charge in [0, 0.05) is 29.2 Å². The number of alkyl halides is 3. The van der Waals surface area contributed by atoms with Gasteiger partial charge < -0.3 is 25.2 Å². The quantitative estimate of drug-likeness (QED) is 0.327. The lowest BCUT2D eigenvalue weighted by Gasteiger charge is -2.48. The maximum atomic E-state index is 13.5. The summed E-state index contributed by atoms with van der Waals surface area (Å²) in [6.07, 6.45) is 2.59. The van der Waals surface area contributed by atoms with Crippen molar-refractivity contribution >= 4 is 29.3 Å². The van der Waals surface area contributed by atoms with Crippen LogP contribution in [-0.4, -0.2) is 67.1 Å². The normalized spacial score (nSPS) is 24.0. The number of benzene rings is 2. The van der Waals surface area contributed by atoms with Crippen molar-refractivity contribution in [3.63, 3.8) is 0 Å². The van der Waals surface area contributed by atoms with E-state index in [0.29, 0.717) is 17.8 Å². The summed E-state index contributed by atoms with van der Waals surface area (Å²) in [7, 11) is 3.34. The fourth-order valence-electron chi connectivity index (χ4n) is 6.28. The van der Waals surface area contributed by atoms with Gasteiger partial charge in [0.15, 0.2) is 11.5 Å². The number of likely N-dealkylation sites (tertiary alicyclic amines) is 1. The smallest absolute Gasteiger partial charge is 0.490 e. The van der Waals surface area contributed by atoms with Crippen LogP contribution in [-0.2, 0) is 10.2 Å². The number of carboxylic acids is 1. The highest BCUT2D eigenvalue weighted by molar-refractivity contribution is 6.31. The molecule has 2 saturated carbocycles. The van der Waals surface area contributed by atoms with Gasteiger partial charge in [0.05, 0.1) is 19.2 Å². The van der Waals surface area contributed by atoms with Crippen molar-refractivity contribution in [3.8, 4) is 11.5 Å². The minimum absolute atomic E-state index is 0.0118. The van der Waals surface area contributed by atoms with Crippen LogP contribution in [0.2, 0.25) is 5.02 Å². The number of halogens is 5. The first-order valence-electron chi connectivity index (χ1n) is 13.7. The minimum Gasteiger partial charge on any atom is -0.493 e. The molecule has 2 aromatic carbocycles. The Morgan fingerprint density at radius 2 is 1.74 bits per heavy atom. The number of methoxy groups -OCH3 is 2. The van der Waals surface area contributed by atoms with E-state index in [1.165, 1.54) is 43.0 Å². The Hall–Kier alpha value is -3.25. The number of anilines is 1. The van der Waals surface area contributed by atoms with Gasteiger partial charge in [0.2, 0.25) is 0 Å². The fourth-order valence-corrected chi connectivity index (χ4v) is 6.46. The van der Waals surface area contributed by atoms with E-state index in [9.17, 15) is 22.4 Å². The van der Waals surface area contributed by atoms with Crippen LogP contribution < -0.4 is 20.1 Å². The molecule has 0 radical (unpaired) electrons. The molecule has 2 amide bonds. The zero-order chi connectivity index (χ0) is 30.7. The Morgan fingerprint density at radius 1 is 1.05 bits per heavy atom. The minimum atomic E-state index is -5.08. The maximum absolute atomic E-state index is 13.5. The summed E-state index contributed by atoms with van der Waals surface area (Å²) in [5, 5.41) is 13.1. The third-order valence-electron chi connectivity index (χ3n) is 8.56. The molecule has 0 spiro atoms. The maximum Gasteiger partial charge on any atom is 0.490 e. The van der Waals surface area contributed by atoms with E-state index in [2.05, 4.69) is 27.7 Å². The zero-order valence-electron chi connectivity index (χ0n) is 23.3. The number of carbonyl (C=O) groups excluding carboxylic acids is 1. The van der Waals surface area contributed by atoms with Gasteiger partial charge in [-0.3, -0.25) is 4.90 Å². The topological polar surface area (TPSA) is 100 Å². The molecule has 13 heteroatoms. The molecule has 230 valence electrons. The number of carboxylic acid groups (broad SMARTS) is 1. The van der Waals surface area contributed by atoms with Gasteiger partial charge >= 0.3 is 18.2 Å². The van der Waals surface area contributed by atoms with E-state index in [-0.39, 0.29) is 22.5 Å². The number of nitrogens with zero attached hydrogens (tertiary/aromatic N) is 1. The highest BCUT2D eigenvalue weighted by Crippen LogP contribution is 2.52. The van der Waals surface area contributed by atoms with Crippen molar-refractivity contribution in [1.29, 1.82) is 0 Å². The second-order valence-corrected chi connectivity index (χ2v) is 11.2. The Bertz CT molecular complexity index is 1290. The molecule has 1 saturated heterocycles. The number of fused-ring (bicyclic) bond motifs is 1. The van der Waals surface area contributed by atoms with Crippen molar-refractivity contribution < 1.29 is 41.7 Å². The fraction of sp³-hybridized carbons (Fsp3) is 0.517. The molecule has 3 aliphatic rings. The molecule has 1 heterocycles. The number of urea groups is 1. The summed E-state index contributed by atoms with van der Waals surface area (Å²) in [5.41, 5.74) is 1.81. The molecular formula is C29H34ClF4N3O5. The Labute approximate surface area is 246 Å². The summed E-state index contributed by atoms with van der Waals surface area (Å²) < 4.78 is 56.3. The molecule has 8 nitrogen and oxygen atoms in total. The van der Waals surface area contributed by atoms with Crippen LogP contribution in [0, 0.1) is 5.82 Å². The number of amides is 2. The second kappa shape index (κ2) is 12.9. The monoisotopic (exact) mass is 615 g/mol. The third kappa shape index (κ3) is 6.86. The summed E-state index contributed by atoms with van der Waals surface area (Å²) in [5.74, 6) is -1.76. The van der Waals surface area contributed by atoms with Crippen LogP contribution >= 0.6 is 11.6 Å². The largest absolute Gasteiger partial charge is 0.493 e. The number of rotatable bonds is 6.